The molecule has 0 radical (unpaired) electrons. The minimum absolute atomic E-state index is 0.126. The Kier molecular flexibility index (Phi) is 4.41. The van der Waals surface area contributed by atoms with Gasteiger partial charge in [0.05, 0.1) is 6.61 Å². The number of aliphatic hydroxyl groups excluding tert-OH is 1. The van der Waals surface area contributed by atoms with Gasteiger partial charge in [0.15, 0.2) is 0 Å². The molecule has 0 aliphatic heterocycles. The highest BCUT2D eigenvalue weighted by atomic mass is 16.3. The molecule has 136 valence electrons. The number of hydrogen-bond acceptors (Lipinski definition) is 3. The average molecular weight is 341 g/mol. The van der Waals surface area contributed by atoms with Crippen LogP contribution in [0.4, 0.5) is 0 Å². The molecule has 2 saturated carbocycles. The Hall–Kier alpha value is -1.32. The fourth-order valence-electron chi connectivity index (χ4n) is 6.01. The maximum absolute atomic E-state index is 10.4. The number of aryl methyl sites for hydroxylation is 1. The Morgan fingerprint density at radius 2 is 2.08 bits per heavy atom. The van der Waals surface area contributed by atoms with Crippen LogP contribution in [0.5, 0.6) is 5.75 Å². The van der Waals surface area contributed by atoms with Crippen LogP contribution in [0.25, 0.3) is 0 Å². The molecule has 4 rings (SSSR count). The summed E-state index contributed by atoms with van der Waals surface area (Å²) >= 11 is 0. The van der Waals surface area contributed by atoms with Gasteiger partial charge in [0.2, 0.25) is 0 Å². The van der Waals surface area contributed by atoms with Gasteiger partial charge >= 0.3 is 0 Å². The third kappa shape index (κ3) is 2.72. The normalized spacial score (nSPS) is 33.7. The van der Waals surface area contributed by atoms with Crippen molar-refractivity contribution in [2.45, 2.75) is 57.9 Å². The van der Waals surface area contributed by atoms with Gasteiger partial charge in [0, 0.05) is 18.7 Å². The highest BCUT2D eigenvalue weighted by Crippen LogP contribution is 2.62. The van der Waals surface area contributed by atoms with E-state index in [1.54, 1.807) is 0 Å². The van der Waals surface area contributed by atoms with E-state index in [1.165, 1.54) is 48.8 Å². The van der Waals surface area contributed by atoms with Crippen LogP contribution in [0.15, 0.2) is 24.3 Å². The summed E-state index contributed by atoms with van der Waals surface area (Å²) < 4.78 is 0. The average Bonchev–Trinajstić information content (AvgIpc) is 2.91. The summed E-state index contributed by atoms with van der Waals surface area (Å²) in [6, 6.07) is 4.25. The standard InChI is InChI=1S/C22H31NO2/c1-14-3-6-20-18-5-4-15-12-21(25)16(13-23-9-10-24)11-19(15)17(18)7-8-22(14,20)2/h11-12,17-18,20,23-25H,1,3-10,13H2,2H3/t17-,18+,20-,22+/m0/s1. The number of nitrogens with one attached hydrogen (secondary N) is 1. The molecule has 3 heteroatoms. The molecule has 0 aromatic heterocycles. The van der Waals surface area contributed by atoms with E-state index >= 15 is 0 Å². The van der Waals surface area contributed by atoms with Crippen LogP contribution < -0.4 is 5.32 Å². The number of allylic oxidation sites excluding steroid dienone is 1. The van der Waals surface area contributed by atoms with E-state index in [4.69, 9.17) is 5.11 Å². The Balaban J connectivity index is 1.63. The molecule has 2 fully saturated rings. The zero-order chi connectivity index (χ0) is 17.6. The molecule has 4 atom stereocenters. The van der Waals surface area contributed by atoms with Crippen LogP contribution in [0, 0.1) is 17.3 Å². The number of aliphatic hydroxyl groups is 1. The fourth-order valence-corrected chi connectivity index (χ4v) is 6.01. The molecule has 0 spiro atoms. The Morgan fingerprint density at radius 1 is 1.24 bits per heavy atom. The summed E-state index contributed by atoms with van der Waals surface area (Å²) in [7, 11) is 0. The van der Waals surface area contributed by atoms with Crippen molar-refractivity contribution in [3.63, 3.8) is 0 Å². The van der Waals surface area contributed by atoms with Crippen molar-refractivity contribution >= 4 is 0 Å². The van der Waals surface area contributed by atoms with Gasteiger partial charge in [-0.25, -0.2) is 0 Å². The monoisotopic (exact) mass is 341 g/mol. The van der Waals surface area contributed by atoms with Crippen LogP contribution >= 0.6 is 0 Å². The van der Waals surface area contributed by atoms with Crippen molar-refractivity contribution < 1.29 is 10.2 Å². The van der Waals surface area contributed by atoms with Crippen LogP contribution in [0.3, 0.4) is 0 Å². The summed E-state index contributed by atoms with van der Waals surface area (Å²) in [6.07, 6.45) is 7.38. The predicted molar refractivity (Wildman–Crippen MR) is 101 cm³/mol. The number of hydrogen-bond donors (Lipinski definition) is 3. The molecular weight excluding hydrogens is 310 g/mol. The predicted octanol–water partition coefficient (Wildman–Crippen LogP) is 3.89. The van der Waals surface area contributed by atoms with Crippen LogP contribution in [-0.4, -0.2) is 23.4 Å². The van der Waals surface area contributed by atoms with Gasteiger partial charge in [-0.15, -0.1) is 0 Å². The van der Waals surface area contributed by atoms with Crippen molar-refractivity contribution in [1.82, 2.24) is 5.32 Å². The Morgan fingerprint density at radius 3 is 2.88 bits per heavy atom. The van der Waals surface area contributed by atoms with Crippen molar-refractivity contribution in [3.05, 3.63) is 41.0 Å². The first kappa shape index (κ1) is 17.1. The first-order valence-corrected chi connectivity index (χ1v) is 9.89. The number of phenols is 1. The lowest BCUT2D eigenvalue weighted by Gasteiger charge is -2.49. The summed E-state index contributed by atoms with van der Waals surface area (Å²) in [5, 5.41) is 22.5. The van der Waals surface area contributed by atoms with E-state index < -0.39 is 0 Å². The molecule has 25 heavy (non-hydrogen) atoms. The molecule has 3 aliphatic rings. The van der Waals surface area contributed by atoms with Crippen molar-refractivity contribution in [3.8, 4) is 5.75 Å². The van der Waals surface area contributed by atoms with E-state index in [1.807, 2.05) is 6.07 Å². The lowest BCUT2D eigenvalue weighted by Crippen LogP contribution is -2.40. The molecule has 0 unspecified atom stereocenters. The lowest BCUT2D eigenvalue weighted by molar-refractivity contribution is 0.0816. The zero-order valence-corrected chi connectivity index (χ0v) is 15.4. The van der Waals surface area contributed by atoms with Gasteiger partial charge in [-0.3, -0.25) is 0 Å². The highest BCUT2D eigenvalue weighted by molar-refractivity contribution is 5.46. The van der Waals surface area contributed by atoms with Crippen molar-refractivity contribution in [1.29, 1.82) is 0 Å². The van der Waals surface area contributed by atoms with Gasteiger partial charge in [0.25, 0.3) is 0 Å². The SMILES string of the molecule is C=C1CC[C@H]2[C@@H]3CCc4cc(O)c(CNCCO)cc4[C@H]3CC[C@]12C. The smallest absolute Gasteiger partial charge is 0.120 e. The maximum atomic E-state index is 10.4. The van der Waals surface area contributed by atoms with Gasteiger partial charge in [-0.2, -0.15) is 0 Å². The van der Waals surface area contributed by atoms with Gasteiger partial charge in [-0.1, -0.05) is 25.1 Å². The zero-order valence-electron chi connectivity index (χ0n) is 15.4. The second-order valence-corrected chi connectivity index (χ2v) is 8.59. The first-order chi connectivity index (χ1) is 12.0. The summed E-state index contributed by atoms with van der Waals surface area (Å²) in [5.41, 5.74) is 5.65. The highest BCUT2D eigenvalue weighted by Gasteiger charge is 2.51. The molecule has 3 aliphatic carbocycles. The fraction of sp³-hybridized carbons (Fsp3) is 0.636. The third-order valence-electron chi connectivity index (χ3n) is 7.48. The first-order valence-electron chi connectivity index (χ1n) is 9.89. The van der Waals surface area contributed by atoms with E-state index in [0.717, 1.165) is 23.8 Å². The molecule has 3 N–H and O–H groups in total. The second-order valence-electron chi connectivity index (χ2n) is 8.59. The van der Waals surface area contributed by atoms with E-state index in [9.17, 15) is 5.11 Å². The topological polar surface area (TPSA) is 52.5 Å². The quantitative estimate of drug-likeness (QED) is 0.575. The molecule has 0 heterocycles. The van der Waals surface area contributed by atoms with E-state index in [2.05, 4.69) is 24.9 Å². The molecule has 3 nitrogen and oxygen atoms in total. The van der Waals surface area contributed by atoms with Crippen molar-refractivity contribution in [2.75, 3.05) is 13.2 Å². The molecule has 1 aromatic carbocycles. The maximum Gasteiger partial charge on any atom is 0.120 e. The molecule has 0 saturated heterocycles. The number of rotatable bonds is 4. The number of benzene rings is 1. The van der Waals surface area contributed by atoms with Gasteiger partial charge < -0.3 is 15.5 Å². The molecule has 1 aromatic rings. The molecule has 0 bridgehead atoms. The largest absolute Gasteiger partial charge is 0.508 e. The van der Waals surface area contributed by atoms with E-state index in [0.29, 0.717) is 30.2 Å². The minimum Gasteiger partial charge on any atom is -0.508 e. The lowest BCUT2D eigenvalue weighted by atomic mass is 9.55. The van der Waals surface area contributed by atoms with Gasteiger partial charge in [-0.05, 0) is 78.9 Å². The Bertz CT molecular complexity index is 683. The molecule has 0 amide bonds. The van der Waals surface area contributed by atoms with Crippen molar-refractivity contribution in [2.24, 2.45) is 17.3 Å². The van der Waals surface area contributed by atoms with E-state index in [-0.39, 0.29) is 6.61 Å². The second kappa shape index (κ2) is 6.44. The van der Waals surface area contributed by atoms with Crippen LogP contribution in [0.1, 0.15) is 61.6 Å². The number of aromatic hydroxyl groups is 1. The van der Waals surface area contributed by atoms with Gasteiger partial charge in [0.1, 0.15) is 5.75 Å². The third-order valence-corrected chi connectivity index (χ3v) is 7.48. The summed E-state index contributed by atoms with van der Waals surface area (Å²) in [6.45, 7) is 8.16. The molecular formula is C22H31NO2. The minimum atomic E-state index is 0.126. The van der Waals surface area contributed by atoms with Crippen LogP contribution in [-0.2, 0) is 13.0 Å². The van der Waals surface area contributed by atoms with Crippen LogP contribution in [0.2, 0.25) is 0 Å². The number of phenolic OH excluding ortho intramolecular Hbond substituents is 1. The Labute approximate surface area is 151 Å². The summed E-state index contributed by atoms with van der Waals surface area (Å²) in [4.78, 5) is 0. The number of fused-ring (bicyclic) bond motifs is 5. The summed E-state index contributed by atoms with van der Waals surface area (Å²) in [5.74, 6) is 2.60.